The van der Waals surface area contributed by atoms with E-state index < -0.39 is 0 Å². The highest BCUT2D eigenvalue weighted by molar-refractivity contribution is 14.0. The largest absolute Gasteiger partial charge is 0.492 e. The van der Waals surface area contributed by atoms with Crippen molar-refractivity contribution in [3.63, 3.8) is 0 Å². The van der Waals surface area contributed by atoms with Crippen molar-refractivity contribution in [3.05, 3.63) is 30.3 Å². The Hall–Kier alpha value is -1.51. The SMILES string of the molecule is CCC(CCNC(=NC)N(C)CCOc1ccccc1)N1CCCC1=O.I. The van der Waals surface area contributed by atoms with Crippen molar-refractivity contribution in [2.45, 2.75) is 38.6 Å². The lowest BCUT2D eigenvalue weighted by Gasteiger charge is -2.28. The molecule has 1 fully saturated rings. The van der Waals surface area contributed by atoms with E-state index >= 15 is 0 Å². The van der Waals surface area contributed by atoms with E-state index in [1.807, 2.05) is 42.3 Å². The first-order valence-electron chi connectivity index (χ1n) is 9.54. The van der Waals surface area contributed by atoms with E-state index in [-0.39, 0.29) is 24.0 Å². The topological polar surface area (TPSA) is 57.2 Å². The standard InChI is InChI=1S/C20H32N4O2.HI/c1-4-17(24-14-8-11-19(24)25)12-13-22-20(21-2)23(3)15-16-26-18-9-6-5-7-10-18;/h5-7,9-10,17H,4,8,11-16H2,1-3H3,(H,21,22);1H. The number of carbonyl (C=O) groups is 1. The molecule has 1 atom stereocenters. The van der Waals surface area contributed by atoms with E-state index in [4.69, 9.17) is 4.74 Å². The summed E-state index contributed by atoms with van der Waals surface area (Å²) in [5.41, 5.74) is 0. The summed E-state index contributed by atoms with van der Waals surface area (Å²) < 4.78 is 5.74. The highest BCUT2D eigenvalue weighted by atomic mass is 127. The van der Waals surface area contributed by atoms with Crippen LogP contribution >= 0.6 is 24.0 Å². The normalized spacial score (nSPS) is 15.3. The molecular formula is C20H33IN4O2. The first-order valence-corrected chi connectivity index (χ1v) is 9.54. The Kier molecular flexibility index (Phi) is 11.2. The first-order chi connectivity index (χ1) is 12.7. The number of nitrogens with zero attached hydrogens (tertiary/aromatic N) is 3. The van der Waals surface area contributed by atoms with Crippen molar-refractivity contribution in [2.75, 3.05) is 40.3 Å². The molecular weight excluding hydrogens is 455 g/mol. The second-order valence-electron chi connectivity index (χ2n) is 6.60. The maximum Gasteiger partial charge on any atom is 0.222 e. The molecule has 0 aliphatic carbocycles. The zero-order valence-corrected chi connectivity index (χ0v) is 19.0. The van der Waals surface area contributed by atoms with Gasteiger partial charge in [0.1, 0.15) is 12.4 Å². The number of nitrogens with one attached hydrogen (secondary N) is 1. The van der Waals surface area contributed by atoms with Gasteiger partial charge in [-0.1, -0.05) is 25.1 Å². The summed E-state index contributed by atoms with van der Waals surface area (Å²) in [5, 5.41) is 3.40. The number of likely N-dealkylation sites (N-methyl/N-ethyl adjacent to an activating group) is 1. The van der Waals surface area contributed by atoms with Gasteiger partial charge in [0.05, 0.1) is 6.54 Å². The fraction of sp³-hybridized carbons (Fsp3) is 0.600. The van der Waals surface area contributed by atoms with Gasteiger partial charge in [-0.3, -0.25) is 9.79 Å². The fourth-order valence-electron chi connectivity index (χ4n) is 3.29. The number of carbonyl (C=O) groups excluding carboxylic acids is 1. The Morgan fingerprint density at radius 1 is 1.37 bits per heavy atom. The van der Waals surface area contributed by atoms with Crippen LogP contribution in [0.2, 0.25) is 0 Å². The van der Waals surface area contributed by atoms with Crippen LogP contribution < -0.4 is 10.1 Å². The molecule has 1 aliphatic rings. The highest BCUT2D eigenvalue weighted by Crippen LogP contribution is 2.17. The first kappa shape index (κ1) is 23.5. The lowest BCUT2D eigenvalue weighted by molar-refractivity contribution is -0.129. The second-order valence-corrected chi connectivity index (χ2v) is 6.60. The van der Waals surface area contributed by atoms with Gasteiger partial charge in [-0.05, 0) is 31.4 Å². The van der Waals surface area contributed by atoms with Gasteiger partial charge in [-0.2, -0.15) is 0 Å². The third-order valence-corrected chi connectivity index (χ3v) is 4.79. The predicted molar refractivity (Wildman–Crippen MR) is 121 cm³/mol. The van der Waals surface area contributed by atoms with Crippen LogP contribution in [-0.4, -0.2) is 68.0 Å². The molecule has 1 N–H and O–H groups in total. The van der Waals surface area contributed by atoms with Gasteiger partial charge in [0, 0.05) is 39.6 Å². The quantitative estimate of drug-likeness (QED) is 0.330. The zero-order chi connectivity index (χ0) is 18.8. The van der Waals surface area contributed by atoms with Crippen LogP contribution in [0.1, 0.15) is 32.6 Å². The molecule has 0 spiro atoms. The van der Waals surface area contributed by atoms with Crippen molar-refractivity contribution >= 4 is 35.8 Å². The molecule has 0 bridgehead atoms. The van der Waals surface area contributed by atoms with E-state index in [0.717, 1.165) is 50.6 Å². The number of likely N-dealkylation sites (tertiary alicyclic amines) is 1. The van der Waals surface area contributed by atoms with Crippen molar-refractivity contribution in [1.29, 1.82) is 0 Å². The van der Waals surface area contributed by atoms with Gasteiger partial charge in [-0.25, -0.2) is 0 Å². The van der Waals surface area contributed by atoms with Gasteiger partial charge in [0.2, 0.25) is 5.91 Å². The van der Waals surface area contributed by atoms with Crippen molar-refractivity contribution in [3.8, 4) is 5.75 Å². The van der Waals surface area contributed by atoms with Crippen LogP contribution in [0.4, 0.5) is 0 Å². The molecule has 0 saturated carbocycles. The number of rotatable bonds is 9. The average molecular weight is 488 g/mol. The number of hydrogen-bond donors (Lipinski definition) is 1. The summed E-state index contributed by atoms with van der Waals surface area (Å²) in [7, 11) is 3.79. The smallest absolute Gasteiger partial charge is 0.222 e. The van der Waals surface area contributed by atoms with E-state index in [1.54, 1.807) is 7.05 Å². The van der Waals surface area contributed by atoms with Crippen LogP contribution in [0.3, 0.4) is 0 Å². The molecule has 1 aromatic rings. The van der Waals surface area contributed by atoms with Gasteiger partial charge in [0.15, 0.2) is 5.96 Å². The van der Waals surface area contributed by atoms with Crippen molar-refractivity contribution < 1.29 is 9.53 Å². The Labute approximate surface area is 180 Å². The third kappa shape index (κ3) is 7.56. The summed E-state index contributed by atoms with van der Waals surface area (Å²) in [6.07, 6.45) is 3.63. The number of amides is 1. The summed E-state index contributed by atoms with van der Waals surface area (Å²) in [6.45, 7) is 5.21. The molecule has 152 valence electrons. The molecule has 1 heterocycles. The number of hydrogen-bond acceptors (Lipinski definition) is 3. The van der Waals surface area contributed by atoms with Gasteiger partial charge < -0.3 is 19.9 Å². The number of para-hydroxylation sites is 1. The maximum absolute atomic E-state index is 11.9. The van der Waals surface area contributed by atoms with E-state index in [0.29, 0.717) is 25.0 Å². The van der Waals surface area contributed by atoms with Crippen LogP contribution in [0.15, 0.2) is 35.3 Å². The number of guanidine groups is 1. The molecule has 1 aromatic carbocycles. The van der Waals surface area contributed by atoms with Gasteiger partial charge in [-0.15, -0.1) is 24.0 Å². The van der Waals surface area contributed by atoms with Crippen LogP contribution in [-0.2, 0) is 4.79 Å². The van der Waals surface area contributed by atoms with Gasteiger partial charge in [0.25, 0.3) is 0 Å². The molecule has 7 heteroatoms. The Balaban J connectivity index is 0.00000364. The molecule has 0 aromatic heterocycles. The van der Waals surface area contributed by atoms with Gasteiger partial charge >= 0.3 is 0 Å². The Morgan fingerprint density at radius 3 is 2.70 bits per heavy atom. The van der Waals surface area contributed by atoms with E-state index in [1.165, 1.54) is 0 Å². The fourth-order valence-corrected chi connectivity index (χ4v) is 3.29. The lowest BCUT2D eigenvalue weighted by Crippen LogP contribution is -2.43. The van der Waals surface area contributed by atoms with E-state index in [2.05, 4.69) is 22.1 Å². The number of halogens is 1. The number of ether oxygens (including phenoxy) is 1. The molecule has 1 unspecified atom stereocenters. The molecule has 1 saturated heterocycles. The minimum absolute atomic E-state index is 0. The van der Waals surface area contributed by atoms with Crippen LogP contribution in [0, 0.1) is 0 Å². The molecule has 0 radical (unpaired) electrons. The monoisotopic (exact) mass is 488 g/mol. The number of benzene rings is 1. The lowest BCUT2D eigenvalue weighted by atomic mass is 10.1. The molecule has 6 nitrogen and oxygen atoms in total. The third-order valence-electron chi connectivity index (χ3n) is 4.79. The van der Waals surface area contributed by atoms with Crippen molar-refractivity contribution in [1.82, 2.24) is 15.1 Å². The maximum atomic E-state index is 11.9. The summed E-state index contributed by atoms with van der Waals surface area (Å²) >= 11 is 0. The molecule has 27 heavy (non-hydrogen) atoms. The summed E-state index contributed by atoms with van der Waals surface area (Å²) in [5.74, 6) is 2.03. The minimum atomic E-state index is 0. The van der Waals surface area contributed by atoms with Crippen LogP contribution in [0.5, 0.6) is 5.75 Å². The Morgan fingerprint density at radius 2 is 2.11 bits per heavy atom. The molecule has 1 aliphatic heterocycles. The Bertz CT molecular complexity index is 583. The number of aliphatic imine (C=N–C) groups is 1. The average Bonchev–Trinajstić information content (AvgIpc) is 3.08. The minimum Gasteiger partial charge on any atom is -0.492 e. The zero-order valence-electron chi connectivity index (χ0n) is 16.7. The second kappa shape index (κ2) is 12.8. The summed E-state index contributed by atoms with van der Waals surface area (Å²) in [4.78, 5) is 20.4. The molecule has 2 rings (SSSR count). The highest BCUT2D eigenvalue weighted by Gasteiger charge is 2.26. The van der Waals surface area contributed by atoms with Crippen LogP contribution in [0.25, 0.3) is 0 Å². The van der Waals surface area contributed by atoms with E-state index in [9.17, 15) is 4.79 Å². The predicted octanol–water partition coefficient (Wildman–Crippen LogP) is 2.98. The summed E-state index contributed by atoms with van der Waals surface area (Å²) in [6, 6.07) is 10.1. The van der Waals surface area contributed by atoms with Crippen molar-refractivity contribution in [2.24, 2.45) is 4.99 Å². The molecule has 1 amide bonds.